The van der Waals surface area contributed by atoms with Gasteiger partial charge < -0.3 is 0 Å². The lowest BCUT2D eigenvalue weighted by atomic mass is 10.0. The molecule has 1 aliphatic rings. The van der Waals surface area contributed by atoms with Gasteiger partial charge in [-0.1, -0.05) is 6.92 Å². The normalized spacial score (nSPS) is 27.9. The second kappa shape index (κ2) is 4.47. The number of hydrogen-bond donors (Lipinski definition) is 0. The molecule has 0 aromatic rings. The third-order valence-electron chi connectivity index (χ3n) is 2.85. The van der Waals surface area contributed by atoms with Gasteiger partial charge in [-0.2, -0.15) is 5.26 Å². The van der Waals surface area contributed by atoms with Crippen LogP contribution in [0.3, 0.4) is 0 Å². The summed E-state index contributed by atoms with van der Waals surface area (Å²) >= 11 is 0. The molecule has 0 bridgehead atoms. The van der Waals surface area contributed by atoms with Gasteiger partial charge in [0.2, 0.25) is 0 Å². The molecule has 0 N–H and O–H groups in total. The van der Waals surface area contributed by atoms with Crippen LogP contribution in [-0.4, -0.2) is 23.5 Å². The van der Waals surface area contributed by atoms with Gasteiger partial charge in [0.15, 0.2) is 0 Å². The number of piperidine rings is 1. The topological polar surface area (TPSA) is 27.0 Å². The molecular formula is C10H18N2. The molecule has 1 aliphatic heterocycles. The summed E-state index contributed by atoms with van der Waals surface area (Å²) in [6, 6.07) is 3.16. The summed E-state index contributed by atoms with van der Waals surface area (Å²) in [7, 11) is 0. The average molecular weight is 166 g/mol. The van der Waals surface area contributed by atoms with Gasteiger partial charge >= 0.3 is 0 Å². The molecule has 0 aromatic carbocycles. The van der Waals surface area contributed by atoms with Crippen molar-refractivity contribution in [2.24, 2.45) is 0 Å². The second-order valence-corrected chi connectivity index (χ2v) is 3.64. The lowest BCUT2D eigenvalue weighted by Gasteiger charge is -2.35. The SMILES string of the molecule is CCC(C)N1CCCCC1C#N. The highest BCUT2D eigenvalue weighted by Crippen LogP contribution is 2.19. The lowest BCUT2D eigenvalue weighted by Crippen LogP contribution is -2.44. The van der Waals surface area contributed by atoms with E-state index in [2.05, 4.69) is 24.8 Å². The number of nitrogens with zero attached hydrogens (tertiary/aromatic N) is 2. The Labute approximate surface area is 75.2 Å². The van der Waals surface area contributed by atoms with Crippen molar-refractivity contribution in [2.75, 3.05) is 6.54 Å². The van der Waals surface area contributed by atoms with Gasteiger partial charge in [-0.15, -0.1) is 0 Å². The van der Waals surface area contributed by atoms with Gasteiger partial charge in [-0.25, -0.2) is 0 Å². The first-order valence-electron chi connectivity index (χ1n) is 4.95. The van der Waals surface area contributed by atoms with E-state index in [0.29, 0.717) is 6.04 Å². The third kappa shape index (κ3) is 1.98. The zero-order valence-corrected chi connectivity index (χ0v) is 8.08. The minimum atomic E-state index is 0.189. The van der Waals surface area contributed by atoms with E-state index in [-0.39, 0.29) is 6.04 Å². The lowest BCUT2D eigenvalue weighted by molar-refractivity contribution is 0.132. The van der Waals surface area contributed by atoms with Crippen LogP contribution in [0.15, 0.2) is 0 Å². The highest BCUT2D eigenvalue weighted by Gasteiger charge is 2.24. The van der Waals surface area contributed by atoms with Crippen LogP contribution in [0, 0.1) is 11.3 Å². The maximum atomic E-state index is 8.91. The van der Waals surface area contributed by atoms with Crippen LogP contribution in [-0.2, 0) is 0 Å². The van der Waals surface area contributed by atoms with Crippen molar-refractivity contribution in [3.8, 4) is 6.07 Å². The Hall–Kier alpha value is -0.550. The van der Waals surface area contributed by atoms with Crippen molar-refractivity contribution in [2.45, 2.75) is 51.6 Å². The Morgan fingerprint density at radius 1 is 1.58 bits per heavy atom. The summed E-state index contributed by atoms with van der Waals surface area (Å²) < 4.78 is 0. The molecule has 12 heavy (non-hydrogen) atoms. The molecule has 0 amide bonds. The average Bonchev–Trinajstić information content (AvgIpc) is 2.16. The molecule has 0 radical (unpaired) electrons. The highest BCUT2D eigenvalue weighted by molar-refractivity contribution is 4.95. The first-order chi connectivity index (χ1) is 5.79. The summed E-state index contributed by atoms with van der Waals surface area (Å²) in [4.78, 5) is 2.35. The molecule has 0 aliphatic carbocycles. The van der Waals surface area contributed by atoms with Crippen LogP contribution in [0.5, 0.6) is 0 Å². The fourth-order valence-electron chi connectivity index (χ4n) is 1.85. The van der Waals surface area contributed by atoms with Crippen molar-refractivity contribution >= 4 is 0 Å². The van der Waals surface area contributed by atoms with Gasteiger partial charge in [-0.05, 0) is 39.2 Å². The standard InChI is InChI=1S/C10H18N2/c1-3-9(2)12-7-5-4-6-10(12)8-11/h9-10H,3-7H2,1-2H3. The first-order valence-corrected chi connectivity index (χ1v) is 4.95. The molecule has 0 aromatic heterocycles. The molecule has 2 atom stereocenters. The van der Waals surface area contributed by atoms with Gasteiger partial charge in [0.1, 0.15) is 0 Å². The molecule has 2 unspecified atom stereocenters. The predicted octanol–water partition coefficient (Wildman–Crippen LogP) is 2.16. The van der Waals surface area contributed by atoms with Crippen LogP contribution in [0.4, 0.5) is 0 Å². The fraction of sp³-hybridized carbons (Fsp3) is 0.900. The number of hydrogen-bond acceptors (Lipinski definition) is 2. The number of rotatable bonds is 2. The molecule has 1 fully saturated rings. The largest absolute Gasteiger partial charge is 0.285 e. The Morgan fingerprint density at radius 3 is 2.92 bits per heavy atom. The van der Waals surface area contributed by atoms with Crippen molar-refractivity contribution in [3.63, 3.8) is 0 Å². The highest BCUT2D eigenvalue weighted by atomic mass is 15.2. The van der Waals surface area contributed by atoms with Crippen LogP contribution in [0.1, 0.15) is 39.5 Å². The van der Waals surface area contributed by atoms with Crippen LogP contribution in [0.25, 0.3) is 0 Å². The maximum absolute atomic E-state index is 8.91. The Bertz CT molecular complexity index is 171. The monoisotopic (exact) mass is 166 g/mol. The van der Waals surface area contributed by atoms with Crippen molar-refractivity contribution in [1.29, 1.82) is 5.26 Å². The van der Waals surface area contributed by atoms with E-state index in [1.807, 2.05) is 0 Å². The Kier molecular flexibility index (Phi) is 3.55. The minimum absolute atomic E-state index is 0.189. The molecule has 1 saturated heterocycles. The van der Waals surface area contributed by atoms with Crippen molar-refractivity contribution < 1.29 is 0 Å². The molecule has 1 heterocycles. The smallest absolute Gasteiger partial charge is 0.0980 e. The van der Waals surface area contributed by atoms with Gasteiger partial charge in [-0.3, -0.25) is 4.90 Å². The van der Waals surface area contributed by atoms with Crippen LogP contribution < -0.4 is 0 Å². The molecule has 2 heteroatoms. The van der Waals surface area contributed by atoms with E-state index < -0.39 is 0 Å². The van der Waals surface area contributed by atoms with E-state index in [9.17, 15) is 0 Å². The molecule has 68 valence electrons. The predicted molar refractivity (Wildman–Crippen MR) is 49.7 cm³/mol. The zero-order chi connectivity index (χ0) is 8.97. The summed E-state index contributed by atoms with van der Waals surface area (Å²) in [5.41, 5.74) is 0. The third-order valence-corrected chi connectivity index (χ3v) is 2.85. The fourth-order valence-corrected chi connectivity index (χ4v) is 1.85. The Balaban J connectivity index is 2.53. The van der Waals surface area contributed by atoms with Gasteiger partial charge in [0.25, 0.3) is 0 Å². The van der Waals surface area contributed by atoms with Crippen molar-refractivity contribution in [1.82, 2.24) is 4.90 Å². The number of likely N-dealkylation sites (tertiary alicyclic amines) is 1. The molecule has 2 nitrogen and oxygen atoms in total. The summed E-state index contributed by atoms with van der Waals surface area (Å²) in [6.45, 7) is 5.52. The van der Waals surface area contributed by atoms with E-state index in [1.54, 1.807) is 0 Å². The van der Waals surface area contributed by atoms with E-state index in [1.165, 1.54) is 12.8 Å². The van der Waals surface area contributed by atoms with Gasteiger partial charge in [0.05, 0.1) is 12.1 Å². The molecular weight excluding hydrogens is 148 g/mol. The first kappa shape index (κ1) is 9.54. The summed E-state index contributed by atoms with van der Waals surface area (Å²) in [5.74, 6) is 0. The maximum Gasteiger partial charge on any atom is 0.0980 e. The van der Waals surface area contributed by atoms with Crippen molar-refractivity contribution in [3.05, 3.63) is 0 Å². The second-order valence-electron chi connectivity index (χ2n) is 3.64. The quantitative estimate of drug-likeness (QED) is 0.628. The molecule has 1 rings (SSSR count). The zero-order valence-electron chi connectivity index (χ0n) is 8.08. The molecule has 0 saturated carbocycles. The van der Waals surface area contributed by atoms with E-state index in [0.717, 1.165) is 19.4 Å². The van der Waals surface area contributed by atoms with E-state index in [4.69, 9.17) is 5.26 Å². The van der Waals surface area contributed by atoms with Crippen LogP contribution >= 0.6 is 0 Å². The van der Waals surface area contributed by atoms with E-state index >= 15 is 0 Å². The summed E-state index contributed by atoms with van der Waals surface area (Å²) in [6.07, 6.45) is 4.71. The van der Waals surface area contributed by atoms with Gasteiger partial charge in [0, 0.05) is 6.04 Å². The minimum Gasteiger partial charge on any atom is -0.285 e. The molecule has 0 spiro atoms. The summed E-state index contributed by atoms with van der Waals surface area (Å²) in [5, 5.41) is 8.91. The van der Waals surface area contributed by atoms with Crippen LogP contribution in [0.2, 0.25) is 0 Å². The number of nitriles is 1. The Morgan fingerprint density at radius 2 is 2.33 bits per heavy atom.